The van der Waals surface area contributed by atoms with Crippen molar-refractivity contribution in [1.29, 1.82) is 0 Å². The standard InChI is InChI=1S/C18H15F5N4O2S/c19-10-3-8(4-11(20)15(10)18(21,22)23)12-1-2-13(26-12)16(29)27-14(5-24)17-25-9(6-28)7-30-17/h1-4,7,14,26,28H,5-6,24H2,(H,27,29)/t14-/m0/s1. The van der Waals surface area contributed by atoms with Gasteiger partial charge in [-0.3, -0.25) is 4.79 Å². The molecule has 0 spiro atoms. The van der Waals surface area contributed by atoms with Gasteiger partial charge in [-0.2, -0.15) is 13.2 Å². The summed E-state index contributed by atoms with van der Waals surface area (Å²) in [5.41, 5.74) is 3.97. The highest BCUT2D eigenvalue weighted by Crippen LogP contribution is 2.35. The first-order valence-corrected chi connectivity index (χ1v) is 9.33. The van der Waals surface area contributed by atoms with Gasteiger partial charge in [0.05, 0.1) is 18.3 Å². The van der Waals surface area contributed by atoms with Gasteiger partial charge in [-0.05, 0) is 24.3 Å². The number of hydrogen-bond donors (Lipinski definition) is 4. The van der Waals surface area contributed by atoms with E-state index < -0.39 is 35.3 Å². The molecule has 0 bridgehead atoms. The van der Waals surface area contributed by atoms with Crippen LogP contribution in [0.2, 0.25) is 0 Å². The number of aliphatic hydroxyl groups excluding tert-OH is 1. The van der Waals surface area contributed by atoms with Crippen LogP contribution in [0.25, 0.3) is 11.3 Å². The first-order valence-electron chi connectivity index (χ1n) is 8.45. The number of halogens is 5. The van der Waals surface area contributed by atoms with Crippen LogP contribution in [0.1, 0.15) is 32.8 Å². The molecule has 0 aliphatic heterocycles. The highest BCUT2D eigenvalue weighted by Gasteiger charge is 2.38. The van der Waals surface area contributed by atoms with Crippen LogP contribution < -0.4 is 11.1 Å². The van der Waals surface area contributed by atoms with E-state index in [4.69, 9.17) is 10.8 Å². The maximum Gasteiger partial charge on any atom is 0.422 e. The summed E-state index contributed by atoms with van der Waals surface area (Å²) >= 11 is 1.20. The number of aliphatic hydroxyl groups is 1. The normalized spacial score (nSPS) is 12.8. The van der Waals surface area contributed by atoms with Gasteiger partial charge >= 0.3 is 6.18 Å². The van der Waals surface area contributed by atoms with Crippen LogP contribution in [0.15, 0.2) is 29.6 Å². The molecule has 2 heterocycles. The fraction of sp³-hybridized carbons (Fsp3) is 0.222. The van der Waals surface area contributed by atoms with E-state index in [9.17, 15) is 26.7 Å². The molecule has 3 rings (SSSR count). The Morgan fingerprint density at radius 2 is 1.93 bits per heavy atom. The molecule has 0 aliphatic rings. The van der Waals surface area contributed by atoms with Crippen LogP contribution in [0, 0.1) is 11.6 Å². The van der Waals surface area contributed by atoms with Crippen molar-refractivity contribution < 1.29 is 31.9 Å². The van der Waals surface area contributed by atoms with Crippen LogP contribution in [-0.4, -0.2) is 27.5 Å². The van der Waals surface area contributed by atoms with E-state index in [1.165, 1.54) is 23.5 Å². The Labute approximate surface area is 170 Å². The van der Waals surface area contributed by atoms with E-state index in [-0.39, 0.29) is 30.1 Å². The predicted octanol–water partition coefficient (Wildman–Crippen LogP) is 3.36. The molecule has 0 saturated heterocycles. The number of rotatable bonds is 6. The highest BCUT2D eigenvalue weighted by atomic mass is 32.1. The van der Waals surface area contributed by atoms with Gasteiger partial charge in [-0.15, -0.1) is 11.3 Å². The van der Waals surface area contributed by atoms with Crippen molar-refractivity contribution in [2.24, 2.45) is 5.73 Å². The van der Waals surface area contributed by atoms with E-state index in [0.717, 1.165) is 0 Å². The van der Waals surface area contributed by atoms with Crippen molar-refractivity contribution >= 4 is 17.2 Å². The molecule has 1 amide bonds. The number of alkyl halides is 3. The molecule has 12 heteroatoms. The Balaban J connectivity index is 1.81. The van der Waals surface area contributed by atoms with Gasteiger partial charge < -0.3 is 21.1 Å². The number of thiazole rings is 1. The lowest BCUT2D eigenvalue weighted by Crippen LogP contribution is -2.33. The van der Waals surface area contributed by atoms with E-state index in [0.29, 0.717) is 22.8 Å². The van der Waals surface area contributed by atoms with Crippen LogP contribution in [0.5, 0.6) is 0 Å². The Morgan fingerprint density at radius 3 is 2.47 bits per heavy atom. The average molecular weight is 446 g/mol. The summed E-state index contributed by atoms with van der Waals surface area (Å²) in [5, 5.41) is 13.8. The quantitative estimate of drug-likeness (QED) is 0.436. The summed E-state index contributed by atoms with van der Waals surface area (Å²) in [6.45, 7) is -0.241. The predicted molar refractivity (Wildman–Crippen MR) is 98.4 cm³/mol. The summed E-state index contributed by atoms with van der Waals surface area (Å²) in [5.74, 6) is -4.13. The van der Waals surface area contributed by atoms with Gasteiger partial charge in [0, 0.05) is 23.2 Å². The summed E-state index contributed by atoms with van der Waals surface area (Å²) in [4.78, 5) is 19.2. The number of carbonyl (C=O) groups excluding carboxylic acids is 1. The topological polar surface area (TPSA) is 104 Å². The average Bonchev–Trinajstić information content (AvgIpc) is 3.33. The summed E-state index contributed by atoms with van der Waals surface area (Å²) in [6, 6.07) is 3.05. The first kappa shape index (κ1) is 21.9. The molecule has 1 aromatic carbocycles. The van der Waals surface area contributed by atoms with E-state index in [1.54, 1.807) is 5.38 Å². The molecule has 1 atom stereocenters. The van der Waals surface area contributed by atoms with Gasteiger partial charge in [0.2, 0.25) is 0 Å². The molecule has 6 nitrogen and oxygen atoms in total. The summed E-state index contributed by atoms with van der Waals surface area (Å²) in [7, 11) is 0. The molecule has 0 radical (unpaired) electrons. The van der Waals surface area contributed by atoms with Crippen molar-refractivity contribution in [1.82, 2.24) is 15.3 Å². The second-order valence-corrected chi connectivity index (χ2v) is 7.08. The van der Waals surface area contributed by atoms with Gasteiger partial charge in [-0.25, -0.2) is 13.8 Å². The van der Waals surface area contributed by atoms with E-state index in [2.05, 4.69) is 15.3 Å². The molecule has 0 unspecified atom stereocenters. The molecule has 3 aromatic rings. The van der Waals surface area contributed by atoms with E-state index in [1.807, 2.05) is 0 Å². The fourth-order valence-corrected chi connectivity index (χ4v) is 3.58. The third-order valence-corrected chi connectivity index (χ3v) is 5.15. The number of carbonyl (C=O) groups is 1. The fourth-order valence-electron chi connectivity index (χ4n) is 2.71. The molecule has 2 aromatic heterocycles. The Morgan fingerprint density at radius 1 is 1.27 bits per heavy atom. The minimum Gasteiger partial charge on any atom is -0.390 e. The Bertz CT molecular complexity index is 1040. The zero-order chi connectivity index (χ0) is 22.1. The zero-order valence-corrected chi connectivity index (χ0v) is 15.9. The summed E-state index contributed by atoms with van der Waals surface area (Å²) < 4.78 is 65.7. The molecular weight excluding hydrogens is 431 g/mol. The Kier molecular flexibility index (Phi) is 6.19. The van der Waals surface area contributed by atoms with Crippen LogP contribution in [-0.2, 0) is 12.8 Å². The molecule has 0 fully saturated rings. The molecule has 0 saturated carbocycles. The van der Waals surface area contributed by atoms with Crippen LogP contribution in [0.4, 0.5) is 22.0 Å². The van der Waals surface area contributed by atoms with Gasteiger partial charge in [0.15, 0.2) is 0 Å². The molecule has 0 aliphatic carbocycles. The number of H-pyrrole nitrogens is 1. The maximum atomic E-state index is 13.8. The smallest absolute Gasteiger partial charge is 0.390 e. The summed E-state index contributed by atoms with van der Waals surface area (Å²) in [6.07, 6.45) is -5.17. The third kappa shape index (κ3) is 4.50. The van der Waals surface area contributed by atoms with Crippen LogP contribution in [0.3, 0.4) is 0 Å². The minimum atomic E-state index is -5.17. The molecule has 160 valence electrons. The number of hydrogen-bond acceptors (Lipinski definition) is 5. The lowest BCUT2D eigenvalue weighted by molar-refractivity contribution is -0.142. The number of nitrogens with two attached hydrogens (primary N) is 1. The third-order valence-electron chi connectivity index (χ3n) is 4.14. The van der Waals surface area contributed by atoms with Gasteiger partial charge in [0.1, 0.15) is 27.9 Å². The molecule has 5 N–H and O–H groups in total. The lowest BCUT2D eigenvalue weighted by Gasteiger charge is -2.13. The molecule has 30 heavy (non-hydrogen) atoms. The largest absolute Gasteiger partial charge is 0.422 e. The maximum absolute atomic E-state index is 13.8. The van der Waals surface area contributed by atoms with Crippen molar-refractivity contribution in [2.45, 2.75) is 18.8 Å². The van der Waals surface area contributed by atoms with Crippen molar-refractivity contribution in [3.63, 3.8) is 0 Å². The highest BCUT2D eigenvalue weighted by molar-refractivity contribution is 7.09. The number of aromatic nitrogens is 2. The van der Waals surface area contributed by atoms with Crippen LogP contribution >= 0.6 is 11.3 Å². The van der Waals surface area contributed by atoms with Gasteiger partial charge in [-0.1, -0.05) is 0 Å². The lowest BCUT2D eigenvalue weighted by atomic mass is 10.1. The SMILES string of the molecule is NC[C@H](NC(=O)c1ccc(-c2cc(F)c(C(F)(F)F)c(F)c2)[nH]1)c1nc(CO)cs1. The zero-order valence-electron chi connectivity index (χ0n) is 15.1. The number of aromatic amines is 1. The Hall–Kier alpha value is -2.83. The number of amides is 1. The van der Waals surface area contributed by atoms with Gasteiger partial charge in [0.25, 0.3) is 5.91 Å². The first-order chi connectivity index (χ1) is 14.1. The van der Waals surface area contributed by atoms with Crippen molar-refractivity contribution in [2.75, 3.05) is 6.54 Å². The second-order valence-electron chi connectivity index (χ2n) is 6.20. The number of nitrogens with one attached hydrogen (secondary N) is 2. The van der Waals surface area contributed by atoms with Crippen molar-refractivity contribution in [3.05, 3.63) is 63.2 Å². The second kappa shape index (κ2) is 8.50. The molecular formula is C18H15F5N4O2S. The number of nitrogens with zero attached hydrogens (tertiary/aromatic N) is 1. The van der Waals surface area contributed by atoms with Crippen molar-refractivity contribution in [3.8, 4) is 11.3 Å². The van der Waals surface area contributed by atoms with E-state index >= 15 is 0 Å². The minimum absolute atomic E-state index is 0.00287. The monoisotopic (exact) mass is 446 g/mol. The number of benzene rings is 1.